The van der Waals surface area contributed by atoms with Crippen molar-refractivity contribution in [3.05, 3.63) is 59.5 Å². The zero-order valence-electron chi connectivity index (χ0n) is 17.1. The van der Waals surface area contributed by atoms with E-state index in [9.17, 15) is 0 Å². The number of hydrogen-bond donors (Lipinski definition) is 2. The third-order valence-electron chi connectivity index (χ3n) is 3.94. The molecule has 0 spiro atoms. The molecule has 0 aliphatic carbocycles. The molecule has 6 nitrogen and oxygen atoms in total. The van der Waals surface area contributed by atoms with Crippen LogP contribution in [0.5, 0.6) is 0 Å². The molecule has 1 aromatic heterocycles. The van der Waals surface area contributed by atoms with Gasteiger partial charge in [0.25, 0.3) is 0 Å². The fraction of sp³-hybridized carbons (Fsp3) is 0.476. The number of halogens is 1. The first kappa shape index (κ1) is 24.5. The first-order chi connectivity index (χ1) is 13.2. The van der Waals surface area contributed by atoms with Crippen molar-refractivity contribution in [2.24, 2.45) is 4.99 Å². The monoisotopic (exact) mass is 500 g/mol. The molecule has 0 radical (unpaired) electrons. The second kappa shape index (κ2) is 14.4. The molecule has 7 heteroatoms. The maximum Gasteiger partial charge on any atom is 0.191 e. The Hall–Kier alpha value is -1.58. The Morgan fingerprint density at radius 2 is 1.89 bits per heavy atom. The summed E-state index contributed by atoms with van der Waals surface area (Å²) in [5.74, 6) is 1.69. The Morgan fingerprint density at radius 1 is 1.11 bits per heavy atom. The van der Waals surface area contributed by atoms with Crippen molar-refractivity contribution < 1.29 is 9.15 Å². The van der Waals surface area contributed by atoms with Gasteiger partial charge in [0.2, 0.25) is 0 Å². The topological polar surface area (TPSA) is 62.0 Å². The molecule has 0 aliphatic rings. The maximum absolute atomic E-state index is 5.60. The molecule has 156 valence electrons. The number of nitrogens with zero attached hydrogens (tertiary/aromatic N) is 2. The third-order valence-corrected chi connectivity index (χ3v) is 3.94. The molecule has 28 heavy (non-hydrogen) atoms. The second-order valence-corrected chi connectivity index (χ2v) is 6.61. The van der Waals surface area contributed by atoms with Gasteiger partial charge in [-0.3, -0.25) is 0 Å². The van der Waals surface area contributed by atoms with E-state index < -0.39 is 0 Å². The first-order valence-electron chi connectivity index (χ1n) is 9.53. The smallest absolute Gasteiger partial charge is 0.191 e. The van der Waals surface area contributed by atoms with E-state index in [0.717, 1.165) is 37.8 Å². The van der Waals surface area contributed by atoms with Crippen LogP contribution in [-0.4, -0.2) is 44.7 Å². The number of hydrogen-bond acceptors (Lipinski definition) is 4. The number of aliphatic imine (C=N–C) groups is 1. The molecular weight excluding hydrogens is 467 g/mol. The van der Waals surface area contributed by atoms with Crippen LogP contribution in [0.25, 0.3) is 0 Å². The lowest BCUT2D eigenvalue weighted by Gasteiger charge is -2.14. The molecule has 0 saturated heterocycles. The van der Waals surface area contributed by atoms with Crippen molar-refractivity contribution >= 4 is 29.9 Å². The summed E-state index contributed by atoms with van der Waals surface area (Å²) in [5.41, 5.74) is 2.57. The van der Waals surface area contributed by atoms with Gasteiger partial charge in [-0.25, -0.2) is 4.99 Å². The summed E-state index contributed by atoms with van der Waals surface area (Å²) >= 11 is 0. The average molecular weight is 500 g/mol. The SMILES string of the molecule is CCNC(=NCc1ccccc1CN(C)C)NCCCOCc1ccco1.I. The zero-order chi connectivity index (χ0) is 19.3. The van der Waals surface area contributed by atoms with Gasteiger partial charge in [-0.05, 0) is 50.7 Å². The normalized spacial score (nSPS) is 11.4. The Balaban J connectivity index is 0.00000392. The fourth-order valence-corrected chi connectivity index (χ4v) is 2.66. The van der Waals surface area contributed by atoms with Crippen molar-refractivity contribution in [3.8, 4) is 0 Å². The molecular formula is C21H33IN4O2. The molecule has 0 fully saturated rings. The van der Waals surface area contributed by atoms with E-state index in [1.54, 1.807) is 6.26 Å². The minimum Gasteiger partial charge on any atom is -0.467 e. The highest BCUT2D eigenvalue weighted by molar-refractivity contribution is 14.0. The summed E-state index contributed by atoms with van der Waals surface area (Å²) in [7, 11) is 4.17. The number of nitrogens with one attached hydrogen (secondary N) is 2. The summed E-state index contributed by atoms with van der Waals surface area (Å²) in [6.07, 6.45) is 2.57. The molecule has 2 N–H and O–H groups in total. The zero-order valence-corrected chi connectivity index (χ0v) is 19.4. The third kappa shape index (κ3) is 9.57. The second-order valence-electron chi connectivity index (χ2n) is 6.61. The number of furan rings is 1. The summed E-state index contributed by atoms with van der Waals surface area (Å²) < 4.78 is 10.8. The lowest BCUT2D eigenvalue weighted by molar-refractivity contribution is 0.105. The lowest BCUT2D eigenvalue weighted by atomic mass is 10.1. The molecule has 0 aliphatic heterocycles. The van der Waals surface area contributed by atoms with Gasteiger partial charge in [-0.1, -0.05) is 24.3 Å². The van der Waals surface area contributed by atoms with Gasteiger partial charge in [-0.15, -0.1) is 24.0 Å². The minimum atomic E-state index is 0. The van der Waals surface area contributed by atoms with E-state index >= 15 is 0 Å². The summed E-state index contributed by atoms with van der Waals surface area (Å²) in [5, 5.41) is 6.67. The molecule has 1 heterocycles. The molecule has 0 bridgehead atoms. The highest BCUT2D eigenvalue weighted by atomic mass is 127. The molecule has 1 aromatic carbocycles. The van der Waals surface area contributed by atoms with Crippen LogP contribution < -0.4 is 10.6 Å². The Bertz CT molecular complexity index is 675. The van der Waals surface area contributed by atoms with Gasteiger partial charge < -0.3 is 24.7 Å². The summed E-state index contributed by atoms with van der Waals surface area (Å²) in [4.78, 5) is 6.91. The molecule has 2 aromatic rings. The van der Waals surface area contributed by atoms with Crippen molar-refractivity contribution in [2.75, 3.05) is 33.8 Å². The average Bonchev–Trinajstić information content (AvgIpc) is 3.16. The Morgan fingerprint density at radius 3 is 2.57 bits per heavy atom. The minimum absolute atomic E-state index is 0. The first-order valence-corrected chi connectivity index (χ1v) is 9.53. The number of guanidine groups is 1. The van der Waals surface area contributed by atoms with Crippen LogP contribution in [0, 0.1) is 0 Å². The van der Waals surface area contributed by atoms with Crippen molar-refractivity contribution in [3.63, 3.8) is 0 Å². The van der Waals surface area contributed by atoms with Gasteiger partial charge in [0.05, 0.1) is 12.8 Å². The van der Waals surface area contributed by atoms with Crippen LogP contribution in [0.3, 0.4) is 0 Å². The lowest BCUT2D eigenvalue weighted by Crippen LogP contribution is -2.38. The molecule has 0 amide bonds. The highest BCUT2D eigenvalue weighted by Gasteiger charge is 2.04. The van der Waals surface area contributed by atoms with Gasteiger partial charge in [-0.2, -0.15) is 0 Å². The van der Waals surface area contributed by atoms with E-state index in [1.807, 2.05) is 12.1 Å². The molecule has 0 unspecified atom stereocenters. The van der Waals surface area contributed by atoms with Crippen molar-refractivity contribution in [2.45, 2.75) is 33.0 Å². The van der Waals surface area contributed by atoms with Crippen LogP contribution in [0.4, 0.5) is 0 Å². The predicted octanol–water partition coefficient (Wildman–Crippen LogP) is 3.62. The van der Waals surface area contributed by atoms with Crippen LogP contribution in [0.2, 0.25) is 0 Å². The Labute approximate surface area is 185 Å². The van der Waals surface area contributed by atoms with Crippen LogP contribution in [0.1, 0.15) is 30.2 Å². The standard InChI is InChI=1S/C21H32N4O2.HI/c1-4-22-21(23-12-8-13-26-17-20-11-7-14-27-20)24-15-18-9-5-6-10-19(18)16-25(2)3;/h5-7,9-11,14H,4,8,12-13,15-17H2,1-3H3,(H2,22,23,24);1H. The van der Waals surface area contributed by atoms with E-state index in [1.165, 1.54) is 11.1 Å². The van der Waals surface area contributed by atoms with Crippen molar-refractivity contribution in [1.29, 1.82) is 0 Å². The number of rotatable bonds is 11. The van der Waals surface area contributed by atoms with E-state index in [-0.39, 0.29) is 24.0 Å². The van der Waals surface area contributed by atoms with Gasteiger partial charge in [0.15, 0.2) is 5.96 Å². The molecule has 0 saturated carbocycles. The highest BCUT2D eigenvalue weighted by Crippen LogP contribution is 2.11. The largest absolute Gasteiger partial charge is 0.467 e. The molecule has 0 atom stereocenters. The maximum atomic E-state index is 5.60. The van der Waals surface area contributed by atoms with E-state index in [0.29, 0.717) is 19.8 Å². The number of ether oxygens (including phenoxy) is 1. The van der Waals surface area contributed by atoms with E-state index in [2.05, 4.69) is 60.8 Å². The fourth-order valence-electron chi connectivity index (χ4n) is 2.66. The van der Waals surface area contributed by atoms with Crippen molar-refractivity contribution in [1.82, 2.24) is 15.5 Å². The Kier molecular flexibility index (Phi) is 12.6. The molecule has 2 rings (SSSR count). The van der Waals surface area contributed by atoms with Gasteiger partial charge in [0, 0.05) is 26.2 Å². The predicted molar refractivity (Wildman–Crippen MR) is 125 cm³/mol. The van der Waals surface area contributed by atoms with Crippen LogP contribution in [-0.2, 0) is 24.4 Å². The van der Waals surface area contributed by atoms with Gasteiger partial charge in [0.1, 0.15) is 12.4 Å². The number of benzene rings is 1. The van der Waals surface area contributed by atoms with Crippen LogP contribution in [0.15, 0.2) is 52.1 Å². The van der Waals surface area contributed by atoms with Gasteiger partial charge >= 0.3 is 0 Å². The van der Waals surface area contributed by atoms with E-state index in [4.69, 9.17) is 14.1 Å². The summed E-state index contributed by atoms with van der Waals surface area (Å²) in [6, 6.07) is 12.3. The summed E-state index contributed by atoms with van der Waals surface area (Å²) in [6.45, 7) is 6.49. The van der Waals surface area contributed by atoms with Crippen LogP contribution >= 0.6 is 24.0 Å². The quantitative estimate of drug-likeness (QED) is 0.214.